The Kier molecular flexibility index (Phi) is 5.75. The van der Waals surface area contributed by atoms with Crippen molar-refractivity contribution in [2.24, 2.45) is 0 Å². The monoisotopic (exact) mass is 322 g/mol. The predicted octanol–water partition coefficient (Wildman–Crippen LogP) is 0.918. The fourth-order valence-electron chi connectivity index (χ4n) is 2.41. The minimum Gasteiger partial charge on any atom is -0.356 e. The van der Waals surface area contributed by atoms with Crippen molar-refractivity contribution in [1.82, 2.24) is 10.2 Å². The Morgan fingerprint density at radius 3 is 3.00 bits per heavy atom. The maximum atomic E-state index is 11.7. The largest absolute Gasteiger partial charge is 0.356 e. The van der Waals surface area contributed by atoms with E-state index in [1.807, 2.05) is 9.80 Å². The molecule has 0 radical (unpaired) electrons. The summed E-state index contributed by atoms with van der Waals surface area (Å²) in [6, 6.07) is 1.54. The summed E-state index contributed by atoms with van der Waals surface area (Å²) in [4.78, 5) is 26.4. The van der Waals surface area contributed by atoms with E-state index in [1.165, 1.54) is 17.4 Å². The second-order valence-electron chi connectivity index (χ2n) is 4.97. The Hall–Kier alpha value is -2.11. The van der Waals surface area contributed by atoms with Gasteiger partial charge in [-0.3, -0.25) is 19.8 Å². The number of anilines is 1. The zero-order valence-corrected chi connectivity index (χ0v) is 13.0. The third-order valence-corrected chi connectivity index (χ3v) is 4.41. The second kappa shape index (κ2) is 7.77. The molecule has 8 heteroatoms. The van der Waals surface area contributed by atoms with Crippen molar-refractivity contribution in [2.75, 3.05) is 44.2 Å². The average molecular weight is 322 g/mol. The first kappa shape index (κ1) is 16.3. The van der Waals surface area contributed by atoms with Crippen molar-refractivity contribution >= 4 is 27.9 Å². The van der Waals surface area contributed by atoms with Gasteiger partial charge < -0.3 is 10.2 Å². The molecule has 2 rings (SSSR count). The summed E-state index contributed by atoms with van der Waals surface area (Å²) < 4.78 is 0. The van der Waals surface area contributed by atoms with Crippen LogP contribution >= 0.6 is 11.3 Å². The lowest BCUT2D eigenvalue weighted by Gasteiger charge is -2.21. The molecule has 0 bridgehead atoms. The molecule has 7 nitrogen and oxygen atoms in total. The number of carbonyl (C=O) groups is 1. The fourth-order valence-corrected chi connectivity index (χ4v) is 3.33. The van der Waals surface area contributed by atoms with E-state index in [2.05, 4.69) is 11.2 Å². The minimum absolute atomic E-state index is 0.0893. The second-order valence-corrected chi connectivity index (χ2v) is 5.86. The molecular weight excluding hydrogens is 304 g/mol. The molecule has 1 saturated heterocycles. The first-order valence-electron chi connectivity index (χ1n) is 7.01. The molecule has 1 aromatic rings. The number of rotatable bonds is 5. The van der Waals surface area contributed by atoms with E-state index in [-0.39, 0.29) is 23.1 Å². The van der Waals surface area contributed by atoms with Gasteiger partial charge in [0, 0.05) is 32.2 Å². The van der Waals surface area contributed by atoms with Crippen LogP contribution in [0.15, 0.2) is 11.4 Å². The summed E-state index contributed by atoms with van der Waals surface area (Å²) in [5.74, 6) is 2.28. The summed E-state index contributed by atoms with van der Waals surface area (Å²) in [5.41, 5.74) is 0.158. The van der Waals surface area contributed by atoms with Crippen LogP contribution in [0.3, 0.4) is 0 Å². The van der Waals surface area contributed by atoms with E-state index in [4.69, 9.17) is 6.42 Å². The Balaban J connectivity index is 1.92. The standard InChI is InChI=1S/C14H18N4O3S/c1-2-5-15-13(19)11-16-6-3-7-17(9-8-16)14-12(18(20)21)4-10-22-14/h1,4,10H,3,5-9,11H2,(H,15,19). The molecule has 0 spiro atoms. The third kappa shape index (κ3) is 4.19. The summed E-state index contributed by atoms with van der Waals surface area (Å²) in [6.07, 6.45) is 5.97. The molecule has 0 saturated carbocycles. The van der Waals surface area contributed by atoms with Crippen LogP contribution in [-0.4, -0.2) is 55.0 Å². The van der Waals surface area contributed by atoms with Crippen molar-refractivity contribution in [3.63, 3.8) is 0 Å². The highest BCUT2D eigenvalue weighted by Gasteiger charge is 2.24. The molecule has 1 N–H and O–H groups in total. The van der Waals surface area contributed by atoms with Crippen LogP contribution in [0.1, 0.15) is 6.42 Å². The molecular formula is C14H18N4O3S. The van der Waals surface area contributed by atoms with Gasteiger partial charge in [0.05, 0.1) is 18.0 Å². The topological polar surface area (TPSA) is 78.7 Å². The summed E-state index contributed by atoms with van der Waals surface area (Å²) in [5, 5.41) is 16.1. The molecule has 0 unspecified atom stereocenters. The molecule has 118 valence electrons. The fraction of sp³-hybridized carbons (Fsp3) is 0.500. The molecule has 1 fully saturated rings. The first-order chi connectivity index (χ1) is 10.6. The molecule has 2 heterocycles. The predicted molar refractivity (Wildman–Crippen MR) is 86.1 cm³/mol. The van der Waals surface area contributed by atoms with E-state index in [1.54, 1.807) is 5.38 Å². The first-order valence-corrected chi connectivity index (χ1v) is 7.89. The lowest BCUT2D eigenvalue weighted by Crippen LogP contribution is -2.39. The number of nitrogens with zero attached hydrogens (tertiary/aromatic N) is 3. The van der Waals surface area contributed by atoms with Gasteiger partial charge >= 0.3 is 5.69 Å². The number of nitro groups is 1. The van der Waals surface area contributed by atoms with Crippen molar-refractivity contribution < 1.29 is 9.72 Å². The molecule has 0 aliphatic carbocycles. The quantitative estimate of drug-likeness (QED) is 0.495. The Bertz CT molecular complexity index is 581. The van der Waals surface area contributed by atoms with E-state index < -0.39 is 0 Å². The zero-order valence-electron chi connectivity index (χ0n) is 12.2. The van der Waals surface area contributed by atoms with Crippen LogP contribution < -0.4 is 10.2 Å². The highest BCUT2D eigenvalue weighted by Crippen LogP contribution is 2.34. The highest BCUT2D eigenvalue weighted by molar-refractivity contribution is 7.14. The van der Waals surface area contributed by atoms with Gasteiger partial charge in [0.15, 0.2) is 5.00 Å². The van der Waals surface area contributed by atoms with Gasteiger partial charge in [-0.2, -0.15) is 0 Å². The van der Waals surface area contributed by atoms with Gasteiger partial charge in [0.2, 0.25) is 5.91 Å². The summed E-state index contributed by atoms with van der Waals surface area (Å²) in [7, 11) is 0. The molecule has 22 heavy (non-hydrogen) atoms. The molecule has 0 atom stereocenters. The Morgan fingerprint density at radius 2 is 2.27 bits per heavy atom. The van der Waals surface area contributed by atoms with Crippen molar-refractivity contribution in [1.29, 1.82) is 0 Å². The van der Waals surface area contributed by atoms with Crippen LogP contribution in [0.2, 0.25) is 0 Å². The van der Waals surface area contributed by atoms with E-state index in [0.717, 1.165) is 19.5 Å². The summed E-state index contributed by atoms with van der Waals surface area (Å²) >= 11 is 1.38. The number of hydrogen-bond donors (Lipinski definition) is 1. The van der Waals surface area contributed by atoms with Crippen LogP contribution in [0.5, 0.6) is 0 Å². The average Bonchev–Trinajstić information content (AvgIpc) is 2.87. The summed E-state index contributed by atoms with van der Waals surface area (Å²) in [6.45, 7) is 3.45. The molecule has 1 aromatic heterocycles. The molecule has 1 aliphatic heterocycles. The number of amides is 1. The smallest absolute Gasteiger partial charge is 0.303 e. The zero-order chi connectivity index (χ0) is 15.9. The van der Waals surface area contributed by atoms with Crippen LogP contribution in [0.4, 0.5) is 10.7 Å². The van der Waals surface area contributed by atoms with Crippen LogP contribution in [0.25, 0.3) is 0 Å². The number of nitrogens with one attached hydrogen (secondary N) is 1. The van der Waals surface area contributed by atoms with Crippen molar-refractivity contribution in [2.45, 2.75) is 6.42 Å². The number of thiophene rings is 1. The Labute approximate surface area is 133 Å². The number of terminal acetylenes is 1. The third-order valence-electron chi connectivity index (χ3n) is 3.45. The van der Waals surface area contributed by atoms with E-state index in [0.29, 0.717) is 24.6 Å². The van der Waals surface area contributed by atoms with Crippen LogP contribution in [0, 0.1) is 22.5 Å². The van der Waals surface area contributed by atoms with Gasteiger partial charge in [-0.25, -0.2) is 0 Å². The number of hydrogen-bond acceptors (Lipinski definition) is 6. The van der Waals surface area contributed by atoms with Crippen LogP contribution in [-0.2, 0) is 4.79 Å². The van der Waals surface area contributed by atoms with Gasteiger partial charge in [0.1, 0.15) is 0 Å². The van der Waals surface area contributed by atoms with Crippen molar-refractivity contribution in [3.05, 3.63) is 21.6 Å². The van der Waals surface area contributed by atoms with Gasteiger partial charge in [-0.05, 0) is 11.8 Å². The van der Waals surface area contributed by atoms with E-state index in [9.17, 15) is 14.9 Å². The van der Waals surface area contributed by atoms with E-state index >= 15 is 0 Å². The normalized spacial score (nSPS) is 15.9. The molecule has 1 amide bonds. The maximum Gasteiger partial charge on any atom is 0.303 e. The van der Waals surface area contributed by atoms with Gasteiger partial charge in [0.25, 0.3) is 0 Å². The Morgan fingerprint density at radius 1 is 1.45 bits per heavy atom. The molecule has 1 aliphatic rings. The highest BCUT2D eigenvalue weighted by atomic mass is 32.1. The lowest BCUT2D eigenvalue weighted by molar-refractivity contribution is -0.383. The SMILES string of the molecule is C#CCNC(=O)CN1CCCN(c2sccc2[N+](=O)[O-])CC1. The lowest BCUT2D eigenvalue weighted by atomic mass is 10.3. The number of carbonyl (C=O) groups excluding carboxylic acids is 1. The van der Waals surface area contributed by atoms with Gasteiger partial charge in [-0.15, -0.1) is 17.8 Å². The maximum absolute atomic E-state index is 11.7. The minimum atomic E-state index is -0.345. The molecule has 0 aromatic carbocycles. The van der Waals surface area contributed by atoms with Crippen molar-refractivity contribution in [3.8, 4) is 12.3 Å². The van der Waals surface area contributed by atoms with Gasteiger partial charge in [-0.1, -0.05) is 5.92 Å².